The highest BCUT2D eigenvalue weighted by atomic mass is 16.5. The van der Waals surface area contributed by atoms with Crippen LogP contribution < -0.4 is 5.32 Å². The zero-order chi connectivity index (χ0) is 20.4. The van der Waals surface area contributed by atoms with Gasteiger partial charge in [0.25, 0.3) is 5.91 Å². The summed E-state index contributed by atoms with van der Waals surface area (Å²) in [6.45, 7) is 3.14. The topological polar surface area (TPSA) is 143 Å². The summed E-state index contributed by atoms with van der Waals surface area (Å²) in [6.07, 6.45) is -0.558. The lowest BCUT2D eigenvalue weighted by molar-refractivity contribution is -0.159. The van der Waals surface area contributed by atoms with Gasteiger partial charge in [-0.1, -0.05) is 0 Å². The number of carboxylic acids is 1. The lowest BCUT2D eigenvalue weighted by atomic mass is 9.95. The zero-order valence-electron chi connectivity index (χ0n) is 14.9. The minimum Gasteiger partial charge on any atom is -0.480 e. The molecule has 2 N–H and O–H groups in total. The summed E-state index contributed by atoms with van der Waals surface area (Å²) in [6, 6.07) is 5.68. The van der Waals surface area contributed by atoms with Gasteiger partial charge < -0.3 is 19.9 Å². The van der Waals surface area contributed by atoms with Gasteiger partial charge in [0.2, 0.25) is 0 Å². The molecule has 0 saturated heterocycles. The molecule has 144 valence electrons. The molecule has 1 aromatic carbocycles. The first kappa shape index (κ1) is 21.6. The van der Waals surface area contributed by atoms with E-state index in [1.807, 2.05) is 6.07 Å². The number of carbonyl (C=O) groups excluding carboxylic acids is 3. The average molecular weight is 376 g/mol. The Morgan fingerprint density at radius 2 is 1.70 bits per heavy atom. The molecule has 0 aliphatic rings. The van der Waals surface area contributed by atoms with E-state index in [0.717, 1.165) is 0 Å². The van der Waals surface area contributed by atoms with Crippen molar-refractivity contribution in [3.8, 4) is 6.07 Å². The second-order valence-corrected chi connectivity index (χ2v) is 5.35. The number of nitrogens with zero attached hydrogens (tertiary/aromatic N) is 1. The maximum atomic E-state index is 12.3. The summed E-state index contributed by atoms with van der Waals surface area (Å²) in [5.41, 5.74) is 0.423. The number of benzene rings is 1. The van der Waals surface area contributed by atoms with E-state index in [9.17, 15) is 24.3 Å². The van der Waals surface area contributed by atoms with Crippen LogP contribution >= 0.6 is 0 Å². The molecule has 1 rings (SSSR count). The monoisotopic (exact) mass is 376 g/mol. The molecule has 0 bridgehead atoms. The molecule has 0 aliphatic heterocycles. The fourth-order valence-corrected chi connectivity index (χ4v) is 2.24. The second-order valence-electron chi connectivity index (χ2n) is 5.35. The smallest absolute Gasteiger partial charge is 0.327 e. The highest BCUT2D eigenvalue weighted by Crippen LogP contribution is 2.15. The van der Waals surface area contributed by atoms with Crippen LogP contribution in [0.1, 0.15) is 36.2 Å². The summed E-state index contributed by atoms with van der Waals surface area (Å²) in [7, 11) is 0. The first-order chi connectivity index (χ1) is 12.8. The van der Waals surface area contributed by atoms with Crippen LogP contribution in [0.2, 0.25) is 0 Å². The maximum Gasteiger partial charge on any atom is 0.327 e. The number of rotatable bonds is 9. The molecule has 1 aromatic rings. The number of hydrogen-bond acceptors (Lipinski definition) is 7. The van der Waals surface area contributed by atoms with Crippen LogP contribution in [0.15, 0.2) is 24.3 Å². The molecular formula is C18H20N2O7. The van der Waals surface area contributed by atoms with Crippen LogP contribution in [-0.4, -0.2) is 48.2 Å². The van der Waals surface area contributed by atoms with Crippen molar-refractivity contribution >= 4 is 23.8 Å². The second kappa shape index (κ2) is 10.6. The molecule has 0 saturated carbocycles. The van der Waals surface area contributed by atoms with Gasteiger partial charge in [0.15, 0.2) is 0 Å². The van der Waals surface area contributed by atoms with E-state index >= 15 is 0 Å². The molecule has 0 heterocycles. The van der Waals surface area contributed by atoms with Crippen LogP contribution in [0.3, 0.4) is 0 Å². The van der Waals surface area contributed by atoms with Gasteiger partial charge in [-0.3, -0.25) is 14.4 Å². The Hall–Kier alpha value is -3.41. The Balaban J connectivity index is 3.05. The van der Waals surface area contributed by atoms with Crippen molar-refractivity contribution in [3.63, 3.8) is 0 Å². The number of hydrogen-bond donors (Lipinski definition) is 2. The van der Waals surface area contributed by atoms with Crippen molar-refractivity contribution in [1.29, 1.82) is 5.26 Å². The molecule has 27 heavy (non-hydrogen) atoms. The van der Waals surface area contributed by atoms with E-state index in [1.165, 1.54) is 31.2 Å². The first-order valence-corrected chi connectivity index (χ1v) is 8.20. The largest absolute Gasteiger partial charge is 0.480 e. The summed E-state index contributed by atoms with van der Waals surface area (Å²) in [5, 5.41) is 20.5. The molecule has 0 aromatic heterocycles. The summed E-state index contributed by atoms with van der Waals surface area (Å²) < 4.78 is 9.60. The third-order valence-corrected chi connectivity index (χ3v) is 3.51. The number of esters is 2. The number of aliphatic carboxylic acids is 1. The number of carboxylic acid groups (broad SMARTS) is 1. The van der Waals surface area contributed by atoms with E-state index in [4.69, 9.17) is 14.7 Å². The number of ether oxygens (including phenoxy) is 2. The summed E-state index contributed by atoms with van der Waals surface area (Å²) >= 11 is 0. The van der Waals surface area contributed by atoms with Gasteiger partial charge in [-0.05, 0) is 38.1 Å². The van der Waals surface area contributed by atoms with Crippen LogP contribution in [0.25, 0.3) is 0 Å². The molecule has 2 atom stereocenters. The van der Waals surface area contributed by atoms with Crippen molar-refractivity contribution in [2.24, 2.45) is 5.92 Å². The molecule has 0 radical (unpaired) electrons. The van der Waals surface area contributed by atoms with E-state index in [1.54, 1.807) is 6.92 Å². The Bertz CT molecular complexity index is 737. The van der Waals surface area contributed by atoms with Crippen LogP contribution in [0.5, 0.6) is 0 Å². The van der Waals surface area contributed by atoms with Crippen molar-refractivity contribution in [2.75, 3.05) is 13.2 Å². The van der Waals surface area contributed by atoms with Crippen LogP contribution in [0, 0.1) is 17.2 Å². The molecule has 0 aliphatic carbocycles. The molecule has 0 fully saturated rings. The fourth-order valence-electron chi connectivity index (χ4n) is 2.24. The van der Waals surface area contributed by atoms with Crippen molar-refractivity contribution in [2.45, 2.75) is 26.3 Å². The highest BCUT2D eigenvalue weighted by molar-refractivity contribution is 5.98. The lowest BCUT2D eigenvalue weighted by Crippen LogP contribution is -2.49. The number of nitriles is 1. The Labute approximate surface area is 155 Å². The standard InChI is InChI=1S/C18H20N2O7/c1-3-26-14(21)9-13(18(25)27-4-2)15(17(23)24)20-16(22)12-7-5-11(10-19)6-8-12/h5-8,13,15H,3-4,9H2,1-2H3,(H,20,22)(H,23,24)/t13-,15+/m1/s1. The van der Waals surface area contributed by atoms with Gasteiger partial charge in [0.1, 0.15) is 6.04 Å². The van der Waals surface area contributed by atoms with E-state index in [0.29, 0.717) is 5.56 Å². The minimum absolute atomic E-state index is 0.0198. The molecule has 0 unspecified atom stereocenters. The molecule has 9 nitrogen and oxygen atoms in total. The van der Waals surface area contributed by atoms with Crippen LogP contribution in [-0.2, 0) is 23.9 Å². The van der Waals surface area contributed by atoms with Gasteiger partial charge in [-0.25, -0.2) is 4.79 Å². The van der Waals surface area contributed by atoms with Crippen molar-refractivity contribution in [1.82, 2.24) is 5.32 Å². The Morgan fingerprint density at radius 1 is 1.11 bits per heavy atom. The molecule has 0 spiro atoms. The minimum atomic E-state index is -1.70. The Kier molecular flexibility index (Phi) is 8.45. The SMILES string of the molecule is CCOC(=O)C[C@@H](C(=O)OCC)[C@H](NC(=O)c1ccc(C#N)cc1)C(=O)O. The van der Waals surface area contributed by atoms with Gasteiger partial charge in [0.05, 0.1) is 37.2 Å². The quantitative estimate of drug-likeness (QED) is 0.605. The predicted octanol–water partition coefficient (Wildman–Crippen LogP) is 0.874. The normalized spacial score (nSPS) is 12.2. The van der Waals surface area contributed by atoms with Crippen molar-refractivity contribution < 1.29 is 33.8 Å². The zero-order valence-corrected chi connectivity index (χ0v) is 14.9. The molecule has 1 amide bonds. The lowest BCUT2D eigenvalue weighted by Gasteiger charge is -2.22. The van der Waals surface area contributed by atoms with Gasteiger partial charge >= 0.3 is 17.9 Å². The fraction of sp³-hybridized carbons (Fsp3) is 0.389. The van der Waals surface area contributed by atoms with Gasteiger partial charge in [-0.2, -0.15) is 5.26 Å². The Morgan fingerprint density at radius 3 is 2.19 bits per heavy atom. The molecular weight excluding hydrogens is 356 g/mol. The maximum absolute atomic E-state index is 12.3. The van der Waals surface area contributed by atoms with E-state index in [-0.39, 0.29) is 18.8 Å². The van der Waals surface area contributed by atoms with E-state index < -0.39 is 42.2 Å². The summed E-state index contributed by atoms with van der Waals surface area (Å²) in [4.78, 5) is 47.9. The van der Waals surface area contributed by atoms with Gasteiger partial charge in [0, 0.05) is 5.56 Å². The number of carbonyl (C=O) groups is 4. The summed E-state index contributed by atoms with van der Waals surface area (Å²) in [5.74, 6) is -5.44. The predicted molar refractivity (Wildman–Crippen MR) is 91.4 cm³/mol. The third-order valence-electron chi connectivity index (χ3n) is 3.51. The third kappa shape index (κ3) is 6.43. The first-order valence-electron chi connectivity index (χ1n) is 8.20. The average Bonchev–Trinajstić information content (AvgIpc) is 2.64. The molecule has 9 heteroatoms. The van der Waals surface area contributed by atoms with Gasteiger partial charge in [-0.15, -0.1) is 0 Å². The van der Waals surface area contributed by atoms with E-state index in [2.05, 4.69) is 5.32 Å². The number of amides is 1. The highest BCUT2D eigenvalue weighted by Gasteiger charge is 2.38. The van der Waals surface area contributed by atoms with Crippen LogP contribution in [0.4, 0.5) is 0 Å². The number of nitrogens with one attached hydrogen (secondary N) is 1. The van der Waals surface area contributed by atoms with Crippen molar-refractivity contribution in [3.05, 3.63) is 35.4 Å².